The van der Waals surface area contributed by atoms with Crippen molar-refractivity contribution in [3.8, 4) is 0 Å². The molecular weight excluding hydrogens is 435 g/mol. The number of nitrogens with zero attached hydrogens (tertiary/aromatic N) is 1. The van der Waals surface area contributed by atoms with Gasteiger partial charge in [0.25, 0.3) is 5.91 Å². The van der Waals surface area contributed by atoms with Crippen LogP contribution in [0.4, 0.5) is 9.18 Å². The molecule has 0 radical (unpaired) electrons. The molecule has 0 aliphatic rings. The van der Waals surface area contributed by atoms with Crippen molar-refractivity contribution in [1.82, 2.24) is 21.1 Å². The lowest BCUT2D eigenvalue weighted by molar-refractivity contribution is -0.141. The van der Waals surface area contributed by atoms with E-state index in [1.165, 1.54) is 17.7 Å². The number of unbranched alkanes of at least 4 members (excludes halogenated alkanes) is 2. The highest BCUT2D eigenvalue weighted by Crippen LogP contribution is 2.01. The summed E-state index contributed by atoms with van der Waals surface area (Å²) < 4.78 is 12.5. The molecule has 0 fully saturated rings. The van der Waals surface area contributed by atoms with Crippen LogP contribution in [-0.2, 0) is 14.4 Å². The summed E-state index contributed by atoms with van der Waals surface area (Å²) in [5.74, 6) is -4.27. The number of amides is 3. The van der Waals surface area contributed by atoms with Gasteiger partial charge in [-0.15, -0.1) is 0 Å². The summed E-state index contributed by atoms with van der Waals surface area (Å²) in [6.45, 7) is 0.468. The lowest BCUT2D eigenvalue weighted by atomic mass is 10.1. The third-order valence-electron chi connectivity index (χ3n) is 3.69. The minimum atomic E-state index is -1.37. The van der Waals surface area contributed by atoms with Crippen molar-refractivity contribution in [1.29, 1.82) is 0 Å². The molecule has 32 heavy (non-hydrogen) atoms. The number of hydroxylamine groups is 1. The van der Waals surface area contributed by atoms with E-state index in [2.05, 4.69) is 10.3 Å². The monoisotopic (exact) mass is 460 g/mol. The third-order valence-corrected chi connectivity index (χ3v) is 3.69. The summed E-state index contributed by atoms with van der Waals surface area (Å²) >= 11 is 0. The predicted octanol–water partition coefficient (Wildman–Crippen LogP) is 0.588. The molecule has 1 heterocycles. The number of aliphatic carboxylic acids is 3. The summed E-state index contributed by atoms with van der Waals surface area (Å²) in [4.78, 5) is 56.2. The molecule has 0 bridgehead atoms. The highest BCUT2D eigenvalue weighted by molar-refractivity contribution is 5.93. The van der Waals surface area contributed by atoms with Crippen molar-refractivity contribution in [2.24, 2.45) is 0 Å². The Morgan fingerprint density at radius 2 is 1.62 bits per heavy atom. The molecule has 0 aliphatic carbocycles. The second-order valence-corrected chi connectivity index (χ2v) is 6.24. The van der Waals surface area contributed by atoms with Gasteiger partial charge >= 0.3 is 23.9 Å². The number of carbonyl (C=O) groups is 5. The van der Waals surface area contributed by atoms with Crippen LogP contribution in [0.25, 0.3) is 0 Å². The second kappa shape index (κ2) is 16.0. The first-order chi connectivity index (χ1) is 15.1. The molecule has 13 nitrogen and oxygen atoms in total. The van der Waals surface area contributed by atoms with Crippen molar-refractivity contribution in [2.45, 2.75) is 44.6 Å². The maximum Gasteiger partial charge on any atom is 0.339 e. The molecule has 0 saturated carbocycles. The first-order valence-electron chi connectivity index (χ1n) is 9.33. The van der Waals surface area contributed by atoms with Crippen molar-refractivity contribution >= 4 is 29.8 Å². The molecule has 1 rings (SSSR count). The lowest BCUT2D eigenvalue weighted by Crippen LogP contribution is -2.45. The van der Waals surface area contributed by atoms with E-state index >= 15 is 0 Å². The topological polar surface area (TPSA) is 215 Å². The fourth-order valence-electron chi connectivity index (χ4n) is 2.11. The van der Waals surface area contributed by atoms with Gasteiger partial charge in [-0.2, -0.15) is 4.39 Å². The SMILES string of the molecule is O=C(O)CCC(NC(=O)NO)C(=O)O.O=C(O)CCCCCNC(=O)c1ccc(F)nc1. The van der Waals surface area contributed by atoms with Gasteiger partial charge in [-0.25, -0.2) is 20.1 Å². The van der Waals surface area contributed by atoms with Gasteiger partial charge in [0.1, 0.15) is 6.04 Å². The molecule has 3 amide bonds. The summed E-state index contributed by atoms with van der Waals surface area (Å²) in [6, 6.07) is 0.0604. The maximum absolute atomic E-state index is 12.5. The van der Waals surface area contributed by atoms with Gasteiger partial charge in [0, 0.05) is 25.6 Å². The lowest BCUT2D eigenvalue weighted by Gasteiger charge is -2.11. The normalized spacial score (nSPS) is 10.7. The summed E-state index contributed by atoms with van der Waals surface area (Å²) in [7, 11) is 0. The van der Waals surface area contributed by atoms with E-state index in [0.717, 1.165) is 12.5 Å². The van der Waals surface area contributed by atoms with Gasteiger partial charge in [-0.1, -0.05) is 6.42 Å². The van der Waals surface area contributed by atoms with Gasteiger partial charge in [-0.3, -0.25) is 19.6 Å². The molecule has 0 saturated heterocycles. The highest BCUT2D eigenvalue weighted by atomic mass is 19.1. The minimum Gasteiger partial charge on any atom is -0.481 e. The van der Waals surface area contributed by atoms with Crippen molar-refractivity contribution < 1.29 is 48.9 Å². The Bertz CT molecular complexity index is 774. The van der Waals surface area contributed by atoms with Gasteiger partial charge in [-0.05, 0) is 31.4 Å². The van der Waals surface area contributed by atoms with Crippen LogP contribution >= 0.6 is 0 Å². The first-order valence-corrected chi connectivity index (χ1v) is 9.33. The van der Waals surface area contributed by atoms with E-state index in [-0.39, 0.29) is 25.2 Å². The fraction of sp³-hybridized carbons (Fsp3) is 0.444. The van der Waals surface area contributed by atoms with Crippen molar-refractivity contribution in [3.05, 3.63) is 29.8 Å². The zero-order chi connectivity index (χ0) is 24.5. The molecule has 0 aromatic carbocycles. The minimum absolute atomic E-state index is 0.149. The molecule has 0 spiro atoms. The molecule has 1 aromatic rings. The van der Waals surface area contributed by atoms with Crippen LogP contribution < -0.4 is 16.1 Å². The molecule has 178 valence electrons. The van der Waals surface area contributed by atoms with E-state index < -0.39 is 35.9 Å². The average Bonchev–Trinajstić information content (AvgIpc) is 2.73. The summed E-state index contributed by atoms with van der Waals surface area (Å²) in [5.41, 5.74) is 1.48. The van der Waals surface area contributed by atoms with Gasteiger partial charge < -0.3 is 26.0 Å². The maximum atomic E-state index is 12.5. The molecule has 1 aromatic heterocycles. The van der Waals surface area contributed by atoms with E-state index in [9.17, 15) is 28.4 Å². The first kappa shape index (κ1) is 28.2. The summed E-state index contributed by atoms with van der Waals surface area (Å²) in [5, 5.41) is 37.8. The Balaban J connectivity index is 0.000000622. The fourth-order valence-corrected chi connectivity index (χ4v) is 2.11. The van der Waals surface area contributed by atoms with Crippen LogP contribution in [-0.4, -0.2) is 67.9 Å². The molecule has 1 atom stereocenters. The van der Waals surface area contributed by atoms with Crippen molar-refractivity contribution in [2.75, 3.05) is 6.54 Å². The molecule has 1 unspecified atom stereocenters. The molecule has 0 aliphatic heterocycles. The van der Waals surface area contributed by atoms with E-state index in [4.69, 9.17) is 20.5 Å². The number of rotatable bonds is 12. The molecule has 7 N–H and O–H groups in total. The number of hydrogen-bond acceptors (Lipinski definition) is 7. The van der Waals surface area contributed by atoms with E-state index in [1.807, 2.05) is 5.32 Å². The molecular formula is C18H25FN4O9. The number of carbonyl (C=O) groups excluding carboxylic acids is 2. The van der Waals surface area contributed by atoms with Crippen LogP contribution in [0.5, 0.6) is 0 Å². The van der Waals surface area contributed by atoms with Crippen LogP contribution in [0, 0.1) is 5.95 Å². The Kier molecular flexibility index (Phi) is 14.1. The number of pyridine rings is 1. The van der Waals surface area contributed by atoms with Crippen LogP contribution in [0.1, 0.15) is 48.9 Å². The summed E-state index contributed by atoms with van der Waals surface area (Å²) in [6.07, 6.45) is 2.75. The van der Waals surface area contributed by atoms with Crippen LogP contribution in [0.15, 0.2) is 18.3 Å². The standard InChI is InChI=1S/C12H15FN2O3.C6H10N2O6/c13-10-6-5-9(8-15-10)12(18)14-7-3-1-2-4-11(16)17;9-4(10)2-1-3(5(11)12)7-6(13)8-14/h5-6,8H,1-4,7H2,(H,14,18)(H,16,17);3,14H,1-2H2,(H,9,10)(H,11,12)(H2,7,8,13). The number of halogens is 1. The smallest absolute Gasteiger partial charge is 0.339 e. The largest absolute Gasteiger partial charge is 0.481 e. The Labute approximate surface area is 181 Å². The molecule has 14 heteroatoms. The number of nitrogens with one attached hydrogen (secondary N) is 3. The van der Waals surface area contributed by atoms with E-state index in [0.29, 0.717) is 24.9 Å². The Hall–Kier alpha value is -3.81. The average molecular weight is 460 g/mol. The second-order valence-electron chi connectivity index (χ2n) is 6.24. The quantitative estimate of drug-likeness (QED) is 0.0996. The van der Waals surface area contributed by atoms with Crippen molar-refractivity contribution in [3.63, 3.8) is 0 Å². The zero-order valence-electron chi connectivity index (χ0n) is 16.9. The number of urea groups is 1. The zero-order valence-corrected chi connectivity index (χ0v) is 16.9. The van der Waals surface area contributed by atoms with E-state index in [1.54, 1.807) is 0 Å². The third kappa shape index (κ3) is 14.2. The van der Waals surface area contributed by atoms with Gasteiger partial charge in [0.15, 0.2) is 0 Å². The van der Waals surface area contributed by atoms with Gasteiger partial charge in [0.05, 0.1) is 5.56 Å². The van der Waals surface area contributed by atoms with Crippen LogP contribution in [0.2, 0.25) is 0 Å². The van der Waals surface area contributed by atoms with Gasteiger partial charge in [0.2, 0.25) is 5.95 Å². The predicted molar refractivity (Wildman–Crippen MR) is 104 cm³/mol. The Morgan fingerprint density at radius 3 is 2.12 bits per heavy atom. The number of aromatic nitrogens is 1. The Morgan fingerprint density at radius 1 is 0.969 bits per heavy atom. The highest BCUT2D eigenvalue weighted by Gasteiger charge is 2.20. The number of carboxylic acid groups (broad SMARTS) is 3. The van der Waals surface area contributed by atoms with Crippen LogP contribution in [0.3, 0.4) is 0 Å². The number of hydrogen-bond donors (Lipinski definition) is 7. The number of carboxylic acids is 3.